The average Bonchev–Trinajstić information content (AvgIpc) is 2.84. The van der Waals surface area contributed by atoms with E-state index in [0.717, 1.165) is 17.1 Å². The van der Waals surface area contributed by atoms with Crippen molar-refractivity contribution in [2.75, 3.05) is 0 Å². The molecule has 1 aromatic heterocycles. The first kappa shape index (κ1) is 12.8. The van der Waals surface area contributed by atoms with Gasteiger partial charge in [0.1, 0.15) is 5.01 Å². The van der Waals surface area contributed by atoms with Crippen molar-refractivity contribution in [3.63, 3.8) is 0 Å². The zero-order chi connectivity index (χ0) is 12.3. The van der Waals surface area contributed by atoms with Crippen LogP contribution in [0.1, 0.15) is 23.5 Å². The summed E-state index contributed by atoms with van der Waals surface area (Å²) >= 11 is 13.5. The van der Waals surface area contributed by atoms with Crippen LogP contribution in [0.5, 0.6) is 0 Å². The normalized spacial score (nSPS) is 12.6. The third kappa shape index (κ3) is 3.42. The molecule has 1 unspecified atom stereocenters. The molecular formula is C12H12Cl2N2S. The average molecular weight is 287 g/mol. The largest absolute Gasteiger partial charge is 0.304 e. The third-order valence-electron chi connectivity index (χ3n) is 2.42. The Balaban J connectivity index is 1.96. The minimum atomic E-state index is 0.240. The molecule has 0 saturated carbocycles. The van der Waals surface area contributed by atoms with Crippen molar-refractivity contribution in [3.05, 3.63) is 50.4 Å². The van der Waals surface area contributed by atoms with Crippen LogP contribution in [-0.4, -0.2) is 4.98 Å². The van der Waals surface area contributed by atoms with E-state index in [9.17, 15) is 0 Å². The van der Waals surface area contributed by atoms with Crippen LogP contribution in [0.3, 0.4) is 0 Å². The Morgan fingerprint density at radius 1 is 1.35 bits per heavy atom. The second kappa shape index (κ2) is 5.83. The lowest BCUT2D eigenvalue weighted by molar-refractivity contribution is 0.572. The molecule has 90 valence electrons. The Kier molecular flexibility index (Phi) is 4.40. The van der Waals surface area contributed by atoms with Crippen molar-refractivity contribution in [3.8, 4) is 0 Å². The zero-order valence-electron chi connectivity index (χ0n) is 9.28. The van der Waals surface area contributed by atoms with Crippen LogP contribution in [0.2, 0.25) is 10.0 Å². The van der Waals surface area contributed by atoms with E-state index in [1.165, 1.54) is 0 Å². The number of thiazole rings is 1. The number of rotatable bonds is 4. The molecule has 0 aliphatic carbocycles. The van der Waals surface area contributed by atoms with E-state index in [0.29, 0.717) is 10.0 Å². The summed E-state index contributed by atoms with van der Waals surface area (Å²) in [6, 6.07) is 5.90. The molecule has 5 heteroatoms. The molecule has 0 saturated heterocycles. The van der Waals surface area contributed by atoms with Crippen molar-refractivity contribution in [1.29, 1.82) is 0 Å². The first-order chi connectivity index (χ1) is 8.16. The topological polar surface area (TPSA) is 24.9 Å². The molecule has 0 aliphatic heterocycles. The van der Waals surface area contributed by atoms with E-state index in [1.807, 2.05) is 29.8 Å². The van der Waals surface area contributed by atoms with Gasteiger partial charge in [0.15, 0.2) is 0 Å². The fourth-order valence-electron chi connectivity index (χ4n) is 1.46. The highest BCUT2D eigenvalue weighted by Gasteiger charge is 2.07. The zero-order valence-corrected chi connectivity index (χ0v) is 11.6. The molecule has 1 N–H and O–H groups in total. The molecule has 0 bridgehead atoms. The number of nitrogens with one attached hydrogen (secondary N) is 1. The number of aromatic nitrogens is 1. The summed E-state index contributed by atoms with van der Waals surface area (Å²) in [7, 11) is 0. The number of benzene rings is 1. The highest BCUT2D eigenvalue weighted by Crippen LogP contribution is 2.23. The van der Waals surface area contributed by atoms with Crippen molar-refractivity contribution < 1.29 is 0 Å². The Labute approximate surface area is 115 Å². The third-order valence-corrected chi connectivity index (χ3v) is 4.12. The van der Waals surface area contributed by atoms with E-state index < -0.39 is 0 Å². The summed E-state index contributed by atoms with van der Waals surface area (Å²) in [5.74, 6) is 0. The highest BCUT2D eigenvalue weighted by atomic mass is 35.5. The second-order valence-corrected chi connectivity index (χ2v) is 5.46. The molecule has 2 aromatic rings. The predicted molar refractivity (Wildman–Crippen MR) is 73.8 cm³/mol. The number of hydrogen-bond acceptors (Lipinski definition) is 3. The molecule has 0 fully saturated rings. The van der Waals surface area contributed by atoms with E-state index in [2.05, 4.69) is 17.2 Å². The molecular weight excluding hydrogens is 275 g/mol. The van der Waals surface area contributed by atoms with Gasteiger partial charge in [0.2, 0.25) is 0 Å². The van der Waals surface area contributed by atoms with Gasteiger partial charge in [0.25, 0.3) is 0 Å². The summed E-state index contributed by atoms with van der Waals surface area (Å²) in [5.41, 5.74) is 1.11. The highest BCUT2D eigenvalue weighted by molar-refractivity contribution is 7.09. The molecule has 1 heterocycles. The Hall–Kier alpha value is -0.610. The maximum absolute atomic E-state index is 5.96. The molecule has 2 rings (SSSR count). The lowest BCUT2D eigenvalue weighted by Crippen LogP contribution is -2.17. The van der Waals surface area contributed by atoms with Gasteiger partial charge in [-0.25, -0.2) is 4.98 Å². The smallest absolute Gasteiger partial charge is 0.109 e. The number of halogens is 2. The van der Waals surface area contributed by atoms with Crippen molar-refractivity contribution in [2.24, 2.45) is 0 Å². The van der Waals surface area contributed by atoms with E-state index in [4.69, 9.17) is 23.2 Å². The second-order valence-electron chi connectivity index (χ2n) is 3.72. The van der Waals surface area contributed by atoms with Gasteiger partial charge in [-0.2, -0.15) is 0 Å². The first-order valence-electron chi connectivity index (χ1n) is 5.23. The van der Waals surface area contributed by atoms with E-state index in [-0.39, 0.29) is 6.04 Å². The minimum Gasteiger partial charge on any atom is -0.304 e. The van der Waals surface area contributed by atoms with Crippen LogP contribution in [0.4, 0.5) is 0 Å². The van der Waals surface area contributed by atoms with Gasteiger partial charge >= 0.3 is 0 Å². The summed E-state index contributed by atoms with van der Waals surface area (Å²) in [5, 5.41) is 7.64. The molecule has 2 nitrogen and oxygen atoms in total. The fourth-order valence-corrected chi connectivity index (χ4v) is 2.45. The van der Waals surface area contributed by atoms with Gasteiger partial charge in [-0.15, -0.1) is 11.3 Å². The van der Waals surface area contributed by atoms with Gasteiger partial charge in [-0.05, 0) is 24.6 Å². The van der Waals surface area contributed by atoms with Crippen molar-refractivity contribution in [2.45, 2.75) is 19.5 Å². The molecule has 1 atom stereocenters. The Morgan fingerprint density at radius 3 is 2.82 bits per heavy atom. The predicted octanol–water partition coefficient (Wildman–Crippen LogP) is 4.30. The summed E-state index contributed by atoms with van der Waals surface area (Å²) in [6.45, 7) is 2.84. The van der Waals surface area contributed by atoms with Gasteiger partial charge in [-0.3, -0.25) is 0 Å². The maximum Gasteiger partial charge on any atom is 0.109 e. The lowest BCUT2D eigenvalue weighted by atomic mass is 10.2. The van der Waals surface area contributed by atoms with Gasteiger partial charge < -0.3 is 5.32 Å². The van der Waals surface area contributed by atoms with Crippen LogP contribution in [0.25, 0.3) is 0 Å². The van der Waals surface area contributed by atoms with E-state index in [1.54, 1.807) is 11.3 Å². The lowest BCUT2D eigenvalue weighted by Gasteiger charge is -2.11. The summed E-state index contributed by atoms with van der Waals surface area (Å²) in [6.07, 6.45) is 1.82. The quantitative estimate of drug-likeness (QED) is 0.906. The molecule has 0 radical (unpaired) electrons. The maximum atomic E-state index is 5.96. The molecule has 17 heavy (non-hydrogen) atoms. The first-order valence-corrected chi connectivity index (χ1v) is 6.87. The van der Waals surface area contributed by atoms with Crippen LogP contribution in [-0.2, 0) is 6.54 Å². The molecule has 0 aliphatic rings. The van der Waals surface area contributed by atoms with Gasteiger partial charge in [0, 0.05) is 18.1 Å². The fraction of sp³-hybridized carbons (Fsp3) is 0.250. The summed E-state index contributed by atoms with van der Waals surface area (Å²) < 4.78 is 0. The van der Waals surface area contributed by atoms with Crippen molar-refractivity contribution >= 4 is 34.5 Å². The SMILES string of the molecule is CC(NCc1ccc(Cl)c(Cl)c1)c1nccs1. The van der Waals surface area contributed by atoms with Gasteiger partial charge in [0.05, 0.1) is 16.1 Å². The minimum absolute atomic E-state index is 0.240. The Bertz CT molecular complexity index is 485. The van der Waals surface area contributed by atoms with Crippen molar-refractivity contribution in [1.82, 2.24) is 10.3 Å². The Morgan fingerprint density at radius 2 is 2.18 bits per heavy atom. The van der Waals surface area contributed by atoms with Crippen LogP contribution in [0.15, 0.2) is 29.8 Å². The molecule has 1 aromatic carbocycles. The molecule has 0 spiro atoms. The molecule has 0 amide bonds. The van der Waals surface area contributed by atoms with Crippen LogP contribution >= 0.6 is 34.5 Å². The number of hydrogen-bond donors (Lipinski definition) is 1. The standard InChI is InChI=1S/C12H12Cl2N2S/c1-8(12-15-4-5-17-12)16-7-9-2-3-10(13)11(14)6-9/h2-6,8,16H,7H2,1H3. The summed E-state index contributed by atoms with van der Waals surface area (Å²) in [4.78, 5) is 4.27. The van der Waals surface area contributed by atoms with Crippen LogP contribution in [0, 0.1) is 0 Å². The van der Waals surface area contributed by atoms with Crippen LogP contribution < -0.4 is 5.32 Å². The monoisotopic (exact) mass is 286 g/mol. The van der Waals surface area contributed by atoms with Gasteiger partial charge in [-0.1, -0.05) is 29.3 Å². The van der Waals surface area contributed by atoms with E-state index >= 15 is 0 Å². The number of nitrogens with zero attached hydrogens (tertiary/aromatic N) is 1.